The summed E-state index contributed by atoms with van der Waals surface area (Å²) < 4.78 is 9.17. The second kappa shape index (κ2) is 5.50. The van der Waals surface area contributed by atoms with Gasteiger partial charge in [-0.25, -0.2) is 0 Å². The van der Waals surface area contributed by atoms with Crippen molar-refractivity contribution in [2.45, 2.75) is 38.3 Å². The molecule has 0 aromatic carbocycles. The summed E-state index contributed by atoms with van der Waals surface area (Å²) in [6.07, 6.45) is 3.58. The standard InChI is InChI=1S/C9H18N4OS/c1-9(2,14-3)5-4-7(12-10)8-6-11-13-15-8/h6-7,12H,4-5,10H2,1-3H3. The smallest absolute Gasteiger partial charge is 0.0669 e. The monoisotopic (exact) mass is 230 g/mol. The molecule has 1 atom stereocenters. The van der Waals surface area contributed by atoms with Crippen molar-refractivity contribution in [3.05, 3.63) is 11.1 Å². The highest BCUT2D eigenvalue weighted by Gasteiger charge is 2.20. The van der Waals surface area contributed by atoms with E-state index in [4.69, 9.17) is 10.6 Å². The number of ether oxygens (including phenoxy) is 1. The van der Waals surface area contributed by atoms with Crippen LogP contribution in [0.25, 0.3) is 0 Å². The van der Waals surface area contributed by atoms with Crippen molar-refractivity contribution in [2.75, 3.05) is 7.11 Å². The average Bonchev–Trinajstić information content (AvgIpc) is 2.72. The molecule has 3 N–H and O–H groups in total. The van der Waals surface area contributed by atoms with Gasteiger partial charge in [0.25, 0.3) is 0 Å². The Labute approximate surface area is 94.1 Å². The molecule has 1 heterocycles. The summed E-state index contributed by atoms with van der Waals surface area (Å²) in [5.74, 6) is 5.50. The first-order valence-electron chi connectivity index (χ1n) is 4.87. The minimum atomic E-state index is -0.118. The first-order valence-corrected chi connectivity index (χ1v) is 5.65. The van der Waals surface area contributed by atoms with Gasteiger partial charge in [-0.2, -0.15) is 0 Å². The molecule has 0 radical (unpaired) electrons. The van der Waals surface area contributed by atoms with Gasteiger partial charge in [0.05, 0.1) is 22.7 Å². The Morgan fingerprint density at radius 3 is 2.87 bits per heavy atom. The molecule has 0 aliphatic heterocycles. The molecule has 0 amide bonds. The molecular weight excluding hydrogens is 212 g/mol. The van der Waals surface area contributed by atoms with E-state index in [1.807, 2.05) is 0 Å². The van der Waals surface area contributed by atoms with Crippen LogP contribution in [-0.2, 0) is 4.74 Å². The van der Waals surface area contributed by atoms with Crippen LogP contribution in [0.4, 0.5) is 0 Å². The molecule has 1 unspecified atom stereocenters. The number of rotatable bonds is 6. The van der Waals surface area contributed by atoms with E-state index in [0.29, 0.717) is 0 Å². The third-order valence-electron chi connectivity index (χ3n) is 2.51. The molecule has 0 saturated carbocycles. The molecule has 0 bridgehead atoms. The van der Waals surface area contributed by atoms with Crippen LogP contribution in [0.1, 0.15) is 37.6 Å². The van der Waals surface area contributed by atoms with E-state index >= 15 is 0 Å². The van der Waals surface area contributed by atoms with Gasteiger partial charge in [-0.15, -0.1) is 5.10 Å². The maximum atomic E-state index is 5.50. The Morgan fingerprint density at radius 2 is 2.40 bits per heavy atom. The van der Waals surface area contributed by atoms with Gasteiger partial charge in [0.2, 0.25) is 0 Å². The molecule has 1 rings (SSSR count). The lowest BCUT2D eigenvalue weighted by atomic mass is 9.99. The highest BCUT2D eigenvalue weighted by Crippen LogP contribution is 2.24. The molecule has 0 fully saturated rings. The van der Waals surface area contributed by atoms with Crippen LogP contribution >= 0.6 is 11.5 Å². The fraction of sp³-hybridized carbons (Fsp3) is 0.778. The number of hydrogen-bond acceptors (Lipinski definition) is 6. The molecule has 0 aliphatic rings. The summed E-state index contributed by atoms with van der Waals surface area (Å²) in [6, 6.07) is 0.111. The van der Waals surface area contributed by atoms with E-state index in [9.17, 15) is 0 Å². The summed E-state index contributed by atoms with van der Waals surface area (Å²) >= 11 is 1.37. The van der Waals surface area contributed by atoms with Crippen LogP contribution in [-0.4, -0.2) is 22.3 Å². The van der Waals surface area contributed by atoms with E-state index < -0.39 is 0 Å². The normalized spacial score (nSPS) is 14.1. The first-order chi connectivity index (χ1) is 7.09. The molecule has 1 aromatic rings. The Kier molecular flexibility index (Phi) is 4.59. The fourth-order valence-electron chi connectivity index (χ4n) is 1.23. The molecule has 86 valence electrons. The SMILES string of the molecule is COC(C)(C)CCC(NN)c1cnns1. The van der Waals surface area contributed by atoms with Gasteiger partial charge in [0.15, 0.2) is 0 Å². The van der Waals surface area contributed by atoms with E-state index in [1.165, 1.54) is 11.5 Å². The van der Waals surface area contributed by atoms with Crippen LogP contribution in [0.15, 0.2) is 6.20 Å². The minimum Gasteiger partial charge on any atom is -0.379 e. The number of nitrogens with one attached hydrogen (secondary N) is 1. The molecule has 6 heteroatoms. The fourth-order valence-corrected chi connectivity index (χ4v) is 1.83. The number of methoxy groups -OCH3 is 1. The summed E-state index contributed by atoms with van der Waals surface area (Å²) in [5.41, 5.74) is 2.66. The quantitative estimate of drug-likeness (QED) is 0.568. The van der Waals surface area contributed by atoms with E-state index in [1.54, 1.807) is 13.3 Å². The lowest BCUT2D eigenvalue weighted by Crippen LogP contribution is -2.30. The highest BCUT2D eigenvalue weighted by molar-refractivity contribution is 7.05. The highest BCUT2D eigenvalue weighted by atomic mass is 32.1. The summed E-state index contributed by atoms with van der Waals surface area (Å²) in [6.45, 7) is 4.12. The van der Waals surface area contributed by atoms with Crippen LogP contribution in [0.2, 0.25) is 0 Å². The third-order valence-corrected chi connectivity index (χ3v) is 3.29. The zero-order valence-corrected chi connectivity index (χ0v) is 10.2. The second-order valence-electron chi connectivity index (χ2n) is 4.04. The number of nitrogens with zero attached hydrogens (tertiary/aromatic N) is 2. The molecular formula is C9H18N4OS. The van der Waals surface area contributed by atoms with Crippen molar-refractivity contribution in [3.8, 4) is 0 Å². The van der Waals surface area contributed by atoms with Crippen LogP contribution < -0.4 is 11.3 Å². The molecule has 5 nitrogen and oxygen atoms in total. The Bertz CT molecular complexity index is 276. The van der Waals surface area contributed by atoms with Gasteiger partial charge in [-0.05, 0) is 38.2 Å². The summed E-state index contributed by atoms with van der Waals surface area (Å²) in [5, 5.41) is 3.80. The predicted molar refractivity (Wildman–Crippen MR) is 60.3 cm³/mol. The van der Waals surface area contributed by atoms with Crippen molar-refractivity contribution < 1.29 is 4.74 Å². The largest absolute Gasteiger partial charge is 0.379 e. The van der Waals surface area contributed by atoms with Crippen molar-refractivity contribution in [1.29, 1.82) is 0 Å². The molecule has 0 saturated heterocycles. The minimum absolute atomic E-state index is 0.111. The lowest BCUT2D eigenvalue weighted by Gasteiger charge is -2.24. The van der Waals surface area contributed by atoms with Crippen molar-refractivity contribution >= 4 is 11.5 Å². The topological polar surface area (TPSA) is 73.1 Å². The number of nitrogens with two attached hydrogens (primary N) is 1. The van der Waals surface area contributed by atoms with Gasteiger partial charge < -0.3 is 4.74 Å². The first kappa shape index (κ1) is 12.5. The Balaban J connectivity index is 2.49. The van der Waals surface area contributed by atoms with Crippen molar-refractivity contribution in [2.24, 2.45) is 5.84 Å². The van der Waals surface area contributed by atoms with Crippen LogP contribution in [0, 0.1) is 0 Å². The van der Waals surface area contributed by atoms with Crippen LogP contribution in [0.3, 0.4) is 0 Å². The maximum Gasteiger partial charge on any atom is 0.0669 e. The number of hydrogen-bond donors (Lipinski definition) is 2. The average molecular weight is 230 g/mol. The second-order valence-corrected chi connectivity index (χ2v) is 4.86. The van der Waals surface area contributed by atoms with Gasteiger partial charge in [0.1, 0.15) is 0 Å². The summed E-state index contributed by atoms with van der Waals surface area (Å²) in [4.78, 5) is 1.06. The zero-order valence-electron chi connectivity index (χ0n) is 9.36. The molecule has 0 spiro atoms. The Hall–Kier alpha value is -0.560. The summed E-state index contributed by atoms with van der Waals surface area (Å²) in [7, 11) is 1.72. The lowest BCUT2D eigenvalue weighted by molar-refractivity contribution is 0.0117. The zero-order chi connectivity index (χ0) is 11.3. The molecule has 15 heavy (non-hydrogen) atoms. The van der Waals surface area contributed by atoms with Gasteiger partial charge >= 0.3 is 0 Å². The van der Waals surface area contributed by atoms with Gasteiger partial charge in [-0.1, -0.05) is 4.49 Å². The molecule has 0 aliphatic carbocycles. The maximum absolute atomic E-state index is 5.50. The predicted octanol–water partition coefficient (Wildman–Crippen LogP) is 1.25. The van der Waals surface area contributed by atoms with E-state index in [0.717, 1.165) is 17.7 Å². The van der Waals surface area contributed by atoms with E-state index in [2.05, 4.69) is 28.9 Å². The van der Waals surface area contributed by atoms with Crippen LogP contribution in [0.5, 0.6) is 0 Å². The third kappa shape index (κ3) is 3.83. The Morgan fingerprint density at radius 1 is 1.67 bits per heavy atom. The van der Waals surface area contributed by atoms with Gasteiger partial charge in [0, 0.05) is 7.11 Å². The van der Waals surface area contributed by atoms with Crippen molar-refractivity contribution in [3.63, 3.8) is 0 Å². The number of aromatic nitrogens is 2. The van der Waals surface area contributed by atoms with E-state index in [-0.39, 0.29) is 11.6 Å². The van der Waals surface area contributed by atoms with Gasteiger partial charge in [-0.3, -0.25) is 11.3 Å². The van der Waals surface area contributed by atoms with Crippen molar-refractivity contribution in [1.82, 2.24) is 15.0 Å². The number of hydrazine groups is 1. The molecule has 1 aromatic heterocycles.